The van der Waals surface area contributed by atoms with Crippen LogP contribution in [0.3, 0.4) is 0 Å². The Balaban J connectivity index is 3.60. The van der Waals surface area contributed by atoms with E-state index in [4.69, 9.17) is 3.07 Å². The van der Waals surface area contributed by atoms with Crippen molar-refractivity contribution in [2.45, 2.75) is 14.8 Å². The molecule has 0 amide bonds. The summed E-state index contributed by atoms with van der Waals surface area (Å²) in [6.07, 6.45) is 0. The number of carbonyl (C=O) groups is 1. The first-order chi connectivity index (χ1) is 3.95. The molecule has 9 heavy (non-hydrogen) atoms. The third-order valence-electron chi connectivity index (χ3n) is 0.529. The zero-order valence-corrected chi connectivity index (χ0v) is 10.3. The first-order valence-electron chi connectivity index (χ1n) is 2.73. The van der Waals surface area contributed by atoms with Gasteiger partial charge in [-0.1, -0.05) is 0 Å². The molecule has 0 saturated heterocycles. The van der Waals surface area contributed by atoms with Gasteiger partial charge in [-0.15, -0.1) is 0 Å². The van der Waals surface area contributed by atoms with Gasteiger partial charge in [0, 0.05) is 0 Å². The molecular formula is C5H11BrO2Sn. The topological polar surface area (TPSA) is 26.3 Å². The van der Waals surface area contributed by atoms with E-state index in [1.54, 1.807) is 0 Å². The maximum absolute atomic E-state index is 10.6. The van der Waals surface area contributed by atoms with E-state index in [2.05, 4.69) is 30.7 Å². The van der Waals surface area contributed by atoms with Crippen LogP contribution in [0.15, 0.2) is 0 Å². The summed E-state index contributed by atoms with van der Waals surface area (Å²) in [5.74, 6) is -0.127. The van der Waals surface area contributed by atoms with Crippen LogP contribution in [-0.4, -0.2) is 30.1 Å². The van der Waals surface area contributed by atoms with Gasteiger partial charge in [-0.3, -0.25) is 0 Å². The third kappa shape index (κ3) is 6.64. The fourth-order valence-electron chi connectivity index (χ4n) is 0.369. The number of carbonyl (C=O) groups excluding carboxylic acids is 1. The fraction of sp³-hybridized carbons (Fsp3) is 0.800. The van der Waals surface area contributed by atoms with Crippen LogP contribution in [0.1, 0.15) is 0 Å². The second kappa shape index (κ2) is 3.81. The molecule has 0 radical (unpaired) electrons. The van der Waals surface area contributed by atoms with E-state index in [9.17, 15) is 4.79 Å². The van der Waals surface area contributed by atoms with E-state index in [-0.39, 0.29) is 5.97 Å². The molecule has 4 heteroatoms. The Kier molecular flexibility index (Phi) is 4.12. The summed E-state index contributed by atoms with van der Waals surface area (Å²) in [5.41, 5.74) is 0. The standard InChI is InChI=1S/C2H3BrO2.3CH3.Sn/c3-1-2(4)5;;;;/h1H2,(H,4,5);3*1H3;/q;;;;+1/p-1. The Morgan fingerprint density at radius 3 is 2.11 bits per heavy atom. The van der Waals surface area contributed by atoms with E-state index >= 15 is 0 Å². The third-order valence-corrected chi connectivity index (χ3v) is 3.38. The van der Waals surface area contributed by atoms with Gasteiger partial charge in [0.15, 0.2) is 0 Å². The van der Waals surface area contributed by atoms with E-state index in [1.165, 1.54) is 0 Å². The summed E-state index contributed by atoms with van der Waals surface area (Å²) in [5, 5.41) is 0.321. The molecule has 2 nitrogen and oxygen atoms in total. The minimum absolute atomic E-state index is 0.127. The number of hydrogen-bond acceptors (Lipinski definition) is 2. The zero-order chi connectivity index (χ0) is 7.49. The maximum atomic E-state index is 10.6. The molecule has 0 aliphatic carbocycles. The Labute approximate surface area is 68.5 Å². The summed E-state index contributed by atoms with van der Waals surface area (Å²) >= 11 is 0.758. The van der Waals surface area contributed by atoms with Gasteiger partial charge in [0.2, 0.25) is 0 Å². The number of hydrogen-bond donors (Lipinski definition) is 0. The molecule has 0 rings (SSSR count). The molecular weight excluding hydrogens is 291 g/mol. The summed E-state index contributed by atoms with van der Waals surface area (Å²) < 4.78 is 5.11. The van der Waals surface area contributed by atoms with Crippen molar-refractivity contribution in [1.82, 2.24) is 0 Å². The molecule has 54 valence electrons. The molecule has 0 spiro atoms. The first kappa shape index (κ1) is 9.75. The van der Waals surface area contributed by atoms with Crippen LogP contribution in [-0.2, 0) is 7.87 Å². The van der Waals surface area contributed by atoms with Crippen LogP contribution in [0.25, 0.3) is 0 Å². The number of halogens is 1. The average molecular weight is 302 g/mol. The Morgan fingerprint density at radius 2 is 2.00 bits per heavy atom. The molecule has 0 heterocycles. The van der Waals surface area contributed by atoms with E-state index in [0.29, 0.717) is 5.33 Å². The van der Waals surface area contributed by atoms with Gasteiger partial charge in [-0.25, -0.2) is 0 Å². The minimum atomic E-state index is -2.27. The summed E-state index contributed by atoms with van der Waals surface area (Å²) in [6, 6.07) is 0. The normalized spacial score (nSPS) is 11.1. The van der Waals surface area contributed by atoms with Crippen LogP contribution in [0.5, 0.6) is 0 Å². The molecule has 0 aromatic rings. The summed E-state index contributed by atoms with van der Waals surface area (Å²) in [4.78, 5) is 16.8. The van der Waals surface area contributed by atoms with Crippen molar-refractivity contribution >= 4 is 40.7 Å². The van der Waals surface area contributed by atoms with Gasteiger partial charge in [-0.05, 0) is 0 Å². The molecule has 0 aliphatic rings. The van der Waals surface area contributed by atoms with Gasteiger partial charge in [-0.2, -0.15) is 0 Å². The second-order valence-electron chi connectivity index (χ2n) is 2.72. The summed E-state index contributed by atoms with van der Waals surface area (Å²) in [6.45, 7) is 0. The predicted octanol–water partition coefficient (Wildman–Crippen LogP) is 1.76. The average Bonchev–Trinajstić information content (AvgIpc) is 1.62. The molecule has 0 N–H and O–H groups in total. The van der Waals surface area contributed by atoms with Crippen molar-refractivity contribution in [1.29, 1.82) is 0 Å². The molecule has 0 aliphatic heterocycles. The van der Waals surface area contributed by atoms with Crippen LogP contribution >= 0.6 is 15.9 Å². The van der Waals surface area contributed by atoms with E-state index in [0.717, 1.165) is 0 Å². The van der Waals surface area contributed by atoms with Crippen molar-refractivity contribution in [3.8, 4) is 0 Å². The molecule has 0 unspecified atom stereocenters. The van der Waals surface area contributed by atoms with E-state index < -0.39 is 18.8 Å². The number of alkyl halides is 1. The quantitative estimate of drug-likeness (QED) is 0.574. The van der Waals surface area contributed by atoms with Crippen molar-refractivity contribution in [3.63, 3.8) is 0 Å². The SMILES string of the molecule is [CH3][Sn]([CH3])([CH3])[O]C(=O)CBr. The molecule has 0 saturated carbocycles. The van der Waals surface area contributed by atoms with Gasteiger partial charge < -0.3 is 0 Å². The van der Waals surface area contributed by atoms with E-state index in [1.807, 2.05) is 0 Å². The monoisotopic (exact) mass is 302 g/mol. The van der Waals surface area contributed by atoms with Crippen molar-refractivity contribution in [3.05, 3.63) is 0 Å². The van der Waals surface area contributed by atoms with Crippen LogP contribution in [0.4, 0.5) is 0 Å². The van der Waals surface area contributed by atoms with Gasteiger partial charge in [0.25, 0.3) is 0 Å². The molecule has 0 aromatic carbocycles. The van der Waals surface area contributed by atoms with Gasteiger partial charge in [0.1, 0.15) is 0 Å². The molecule has 0 atom stereocenters. The van der Waals surface area contributed by atoms with Gasteiger partial charge >= 0.3 is 68.7 Å². The Morgan fingerprint density at radius 1 is 1.56 bits per heavy atom. The fourth-order valence-corrected chi connectivity index (χ4v) is 3.24. The first-order valence-corrected chi connectivity index (χ1v) is 13.6. The molecule has 0 fully saturated rings. The van der Waals surface area contributed by atoms with Crippen molar-refractivity contribution < 1.29 is 7.87 Å². The van der Waals surface area contributed by atoms with Crippen LogP contribution < -0.4 is 0 Å². The van der Waals surface area contributed by atoms with Crippen molar-refractivity contribution in [2.24, 2.45) is 0 Å². The van der Waals surface area contributed by atoms with Gasteiger partial charge in [0.05, 0.1) is 0 Å². The predicted molar refractivity (Wildman–Crippen MR) is 43.2 cm³/mol. The molecule has 0 aromatic heterocycles. The summed E-state index contributed by atoms with van der Waals surface area (Å²) in [7, 11) is 0. The Bertz CT molecular complexity index is 108. The molecule has 0 bridgehead atoms. The zero-order valence-electron chi connectivity index (χ0n) is 5.90. The van der Waals surface area contributed by atoms with Crippen LogP contribution in [0.2, 0.25) is 14.8 Å². The van der Waals surface area contributed by atoms with Crippen LogP contribution in [0, 0.1) is 0 Å². The number of rotatable bonds is 2. The van der Waals surface area contributed by atoms with Crippen molar-refractivity contribution in [2.75, 3.05) is 5.33 Å². The second-order valence-corrected chi connectivity index (χ2v) is 15.9. The Hall–Kier alpha value is 0.749.